The number of carbonyl (C=O) groups excluding carboxylic acids is 4. The summed E-state index contributed by atoms with van der Waals surface area (Å²) in [6, 6.07) is 0. The Morgan fingerprint density at radius 2 is 2.17 bits per heavy atom. The molecule has 23 heavy (non-hydrogen) atoms. The zero-order chi connectivity index (χ0) is 17.2. The molecule has 1 aliphatic heterocycles. The minimum atomic E-state index is -0.918. The number of hydroxylamine groups is 2. The summed E-state index contributed by atoms with van der Waals surface area (Å²) in [6.07, 6.45) is 3.58. The number of amides is 3. The molecular formula is C14H23N3O6. The second kappa shape index (κ2) is 9.78. The lowest BCUT2D eigenvalue weighted by molar-refractivity contribution is -0.155. The van der Waals surface area contributed by atoms with Crippen LogP contribution in [-0.4, -0.2) is 47.6 Å². The molecule has 0 aromatic carbocycles. The van der Waals surface area contributed by atoms with Crippen molar-refractivity contribution in [2.75, 3.05) is 13.2 Å². The molecule has 3 amide bonds. The molecule has 1 heterocycles. The Kier molecular flexibility index (Phi) is 8.03. The smallest absolute Gasteiger partial charge is 0.318 e. The summed E-state index contributed by atoms with van der Waals surface area (Å²) >= 11 is 0. The van der Waals surface area contributed by atoms with Crippen LogP contribution in [0.5, 0.6) is 0 Å². The van der Waals surface area contributed by atoms with Crippen molar-refractivity contribution in [1.82, 2.24) is 15.9 Å². The maximum Gasteiger partial charge on any atom is 0.318 e. The number of carbonyl (C=O) groups is 4. The zero-order valence-corrected chi connectivity index (χ0v) is 13.1. The number of esters is 1. The molecule has 3 N–H and O–H groups in total. The van der Waals surface area contributed by atoms with Crippen molar-refractivity contribution < 1.29 is 29.1 Å². The molecule has 1 rings (SSSR count). The number of nitrogens with zero attached hydrogens (tertiary/aromatic N) is 1. The van der Waals surface area contributed by atoms with Crippen LogP contribution in [0.3, 0.4) is 0 Å². The van der Waals surface area contributed by atoms with Crippen molar-refractivity contribution in [2.45, 2.75) is 39.0 Å². The number of hydrogen-bond donors (Lipinski definition) is 3. The van der Waals surface area contributed by atoms with Crippen molar-refractivity contribution in [3.63, 3.8) is 0 Å². The summed E-state index contributed by atoms with van der Waals surface area (Å²) in [5, 5.41) is 9.65. The van der Waals surface area contributed by atoms with E-state index in [2.05, 4.69) is 15.6 Å². The van der Waals surface area contributed by atoms with Crippen molar-refractivity contribution in [3.05, 3.63) is 0 Å². The van der Waals surface area contributed by atoms with E-state index in [-0.39, 0.29) is 26.0 Å². The predicted molar refractivity (Wildman–Crippen MR) is 77.5 cm³/mol. The quantitative estimate of drug-likeness (QED) is 0.134. The summed E-state index contributed by atoms with van der Waals surface area (Å²) in [6.45, 7) is 2.03. The largest absolute Gasteiger partial charge is 0.465 e. The molecule has 0 radical (unpaired) electrons. The molecule has 0 aromatic heterocycles. The van der Waals surface area contributed by atoms with Gasteiger partial charge in [0.15, 0.2) is 0 Å². The van der Waals surface area contributed by atoms with Gasteiger partial charge in [0.05, 0.1) is 19.1 Å². The lowest BCUT2D eigenvalue weighted by atomic mass is 10.0. The maximum absolute atomic E-state index is 12.1. The normalized spacial score (nSPS) is 18.0. The van der Waals surface area contributed by atoms with Gasteiger partial charge in [-0.15, -0.1) is 0 Å². The Morgan fingerprint density at radius 3 is 2.74 bits per heavy atom. The average Bonchev–Trinajstić information content (AvgIpc) is 2.97. The van der Waals surface area contributed by atoms with Gasteiger partial charge >= 0.3 is 5.97 Å². The Balaban J connectivity index is 2.49. The first-order chi connectivity index (χ1) is 11.0. The van der Waals surface area contributed by atoms with Crippen LogP contribution >= 0.6 is 0 Å². The fourth-order valence-corrected chi connectivity index (χ4v) is 2.26. The van der Waals surface area contributed by atoms with E-state index in [9.17, 15) is 24.4 Å². The van der Waals surface area contributed by atoms with Gasteiger partial charge in [0, 0.05) is 6.42 Å². The van der Waals surface area contributed by atoms with Crippen LogP contribution in [0.2, 0.25) is 0 Å². The molecule has 0 aromatic rings. The zero-order valence-electron chi connectivity index (χ0n) is 13.1. The molecule has 0 bridgehead atoms. The van der Waals surface area contributed by atoms with Gasteiger partial charge in [-0.2, -0.15) is 0 Å². The third kappa shape index (κ3) is 6.23. The SMILES string of the molecule is CCCCC[C@@H](CN(O)C=O)C(=O)NNC(=O)C1CCOC1=O. The standard InChI is InChI=1S/C14H23N3O6/c1-2-3-4-5-10(8-17(22)9-18)12(19)15-16-13(20)11-6-7-23-14(11)21/h9-11,22H,2-8H2,1H3,(H,15,19)(H,16,20)/t10-,11?/m0/s1. The monoisotopic (exact) mass is 329 g/mol. The van der Waals surface area contributed by atoms with Crippen molar-refractivity contribution in [1.29, 1.82) is 0 Å². The molecule has 9 heteroatoms. The van der Waals surface area contributed by atoms with Gasteiger partial charge in [-0.25, -0.2) is 5.06 Å². The second-order valence-electron chi connectivity index (χ2n) is 5.41. The van der Waals surface area contributed by atoms with E-state index in [1.54, 1.807) is 0 Å². The Morgan fingerprint density at radius 1 is 1.43 bits per heavy atom. The molecule has 0 spiro atoms. The fourth-order valence-electron chi connectivity index (χ4n) is 2.26. The summed E-state index contributed by atoms with van der Waals surface area (Å²) < 4.78 is 4.68. The second-order valence-corrected chi connectivity index (χ2v) is 5.41. The molecule has 0 saturated carbocycles. The van der Waals surface area contributed by atoms with E-state index >= 15 is 0 Å². The highest BCUT2D eigenvalue weighted by Crippen LogP contribution is 2.14. The van der Waals surface area contributed by atoms with E-state index in [1.807, 2.05) is 6.92 Å². The first kappa shape index (κ1) is 18.9. The number of unbranched alkanes of at least 4 members (excludes halogenated alkanes) is 2. The third-order valence-electron chi connectivity index (χ3n) is 3.62. The highest BCUT2D eigenvalue weighted by Gasteiger charge is 2.33. The number of hydrogen-bond acceptors (Lipinski definition) is 6. The van der Waals surface area contributed by atoms with Gasteiger partial charge in [-0.3, -0.25) is 35.2 Å². The van der Waals surface area contributed by atoms with E-state index < -0.39 is 29.6 Å². The summed E-state index contributed by atoms with van der Waals surface area (Å²) in [4.78, 5) is 45.6. The number of ether oxygens (including phenoxy) is 1. The van der Waals surface area contributed by atoms with Crippen LogP contribution in [0, 0.1) is 11.8 Å². The van der Waals surface area contributed by atoms with E-state index in [4.69, 9.17) is 0 Å². The van der Waals surface area contributed by atoms with Gasteiger partial charge in [0.25, 0.3) is 5.91 Å². The molecule has 130 valence electrons. The molecule has 9 nitrogen and oxygen atoms in total. The van der Waals surface area contributed by atoms with Gasteiger partial charge < -0.3 is 4.74 Å². The topological polar surface area (TPSA) is 125 Å². The van der Waals surface area contributed by atoms with Crippen LogP contribution < -0.4 is 10.9 Å². The first-order valence-electron chi connectivity index (χ1n) is 7.66. The maximum atomic E-state index is 12.1. The summed E-state index contributed by atoms with van der Waals surface area (Å²) in [5.41, 5.74) is 4.43. The number of rotatable bonds is 9. The van der Waals surface area contributed by atoms with Gasteiger partial charge in [-0.05, 0) is 6.42 Å². The molecule has 1 unspecified atom stereocenters. The van der Waals surface area contributed by atoms with Crippen LogP contribution in [0.4, 0.5) is 0 Å². The summed E-state index contributed by atoms with van der Waals surface area (Å²) in [7, 11) is 0. The van der Waals surface area contributed by atoms with Crippen LogP contribution in [-0.2, 0) is 23.9 Å². The molecule has 1 fully saturated rings. The van der Waals surface area contributed by atoms with E-state index in [0.717, 1.165) is 19.3 Å². The lowest BCUT2D eigenvalue weighted by Gasteiger charge is -2.20. The third-order valence-corrected chi connectivity index (χ3v) is 3.62. The van der Waals surface area contributed by atoms with Crippen molar-refractivity contribution in [3.8, 4) is 0 Å². The molecule has 1 saturated heterocycles. The van der Waals surface area contributed by atoms with Gasteiger partial charge in [-0.1, -0.05) is 26.2 Å². The Bertz CT molecular complexity index is 442. The molecule has 1 aliphatic rings. The molecular weight excluding hydrogens is 306 g/mol. The van der Waals surface area contributed by atoms with Crippen LogP contribution in [0.1, 0.15) is 39.0 Å². The molecule has 2 atom stereocenters. The van der Waals surface area contributed by atoms with Gasteiger partial charge in [0.1, 0.15) is 5.92 Å². The van der Waals surface area contributed by atoms with Crippen molar-refractivity contribution >= 4 is 24.2 Å². The first-order valence-corrected chi connectivity index (χ1v) is 7.66. The number of cyclic esters (lactones) is 1. The number of nitrogens with one attached hydrogen (secondary N) is 2. The average molecular weight is 329 g/mol. The minimum Gasteiger partial charge on any atom is -0.465 e. The molecule has 0 aliphatic carbocycles. The van der Waals surface area contributed by atoms with Crippen LogP contribution in [0.25, 0.3) is 0 Å². The fraction of sp³-hybridized carbons (Fsp3) is 0.714. The summed E-state index contributed by atoms with van der Waals surface area (Å²) in [5.74, 6) is -3.35. The van der Waals surface area contributed by atoms with E-state index in [0.29, 0.717) is 11.5 Å². The minimum absolute atomic E-state index is 0.166. The highest BCUT2D eigenvalue weighted by atomic mass is 16.5. The number of hydrazine groups is 1. The predicted octanol–water partition coefficient (Wildman–Crippen LogP) is -0.259. The Hall–Kier alpha value is -2.16. The Labute approximate surface area is 134 Å². The van der Waals surface area contributed by atoms with Crippen LogP contribution in [0.15, 0.2) is 0 Å². The lowest BCUT2D eigenvalue weighted by Crippen LogP contribution is -2.49. The van der Waals surface area contributed by atoms with Crippen molar-refractivity contribution in [2.24, 2.45) is 11.8 Å². The highest BCUT2D eigenvalue weighted by molar-refractivity contribution is 5.99. The van der Waals surface area contributed by atoms with E-state index in [1.165, 1.54) is 0 Å². The van der Waals surface area contributed by atoms with Gasteiger partial charge in [0.2, 0.25) is 12.3 Å².